The molecule has 1 atom stereocenters. The van der Waals surface area contributed by atoms with Crippen LogP contribution in [-0.2, 0) is 0 Å². The Hall–Kier alpha value is -1.75. The summed E-state index contributed by atoms with van der Waals surface area (Å²) in [5, 5.41) is 12.8. The van der Waals surface area contributed by atoms with Crippen molar-refractivity contribution in [3.63, 3.8) is 0 Å². The van der Waals surface area contributed by atoms with Crippen LogP contribution in [0.25, 0.3) is 0 Å². The summed E-state index contributed by atoms with van der Waals surface area (Å²) in [6, 6.07) is 4.85. The van der Waals surface area contributed by atoms with Crippen molar-refractivity contribution in [3.05, 3.63) is 23.8 Å². The van der Waals surface area contributed by atoms with E-state index < -0.39 is 5.91 Å². The standard InChI is InChI=1S/C12H17N3O2/c13-9-5-8(12(14)17)3-4-10(9)15-6-11(16)7-1-2-7/h3-5,7,11,15-16H,1-2,6,13H2,(H2,14,17). The lowest BCUT2D eigenvalue weighted by molar-refractivity contribution is 0.100. The average molecular weight is 235 g/mol. The molecular formula is C12H17N3O2. The summed E-state index contributed by atoms with van der Waals surface area (Å²) in [5.41, 5.74) is 12.5. The molecule has 1 aliphatic rings. The maximum atomic E-state index is 10.9. The van der Waals surface area contributed by atoms with E-state index in [1.54, 1.807) is 12.1 Å². The summed E-state index contributed by atoms with van der Waals surface area (Å²) in [6.07, 6.45) is 1.86. The van der Waals surface area contributed by atoms with Crippen LogP contribution < -0.4 is 16.8 Å². The first-order valence-corrected chi connectivity index (χ1v) is 5.69. The molecule has 0 spiro atoms. The summed E-state index contributed by atoms with van der Waals surface area (Å²) < 4.78 is 0. The van der Waals surface area contributed by atoms with E-state index in [1.165, 1.54) is 6.07 Å². The van der Waals surface area contributed by atoms with E-state index in [9.17, 15) is 9.90 Å². The Morgan fingerprint density at radius 1 is 1.53 bits per heavy atom. The molecule has 5 nitrogen and oxygen atoms in total. The fraction of sp³-hybridized carbons (Fsp3) is 0.417. The van der Waals surface area contributed by atoms with E-state index in [0.717, 1.165) is 18.5 Å². The summed E-state index contributed by atoms with van der Waals surface area (Å²) >= 11 is 0. The highest BCUT2D eigenvalue weighted by Crippen LogP contribution is 2.32. The molecule has 5 heteroatoms. The van der Waals surface area contributed by atoms with Crippen LogP contribution >= 0.6 is 0 Å². The normalized spacial score (nSPS) is 16.5. The molecule has 0 aliphatic heterocycles. The summed E-state index contributed by atoms with van der Waals surface area (Å²) in [4.78, 5) is 10.9. The van der Waals surface area contributed by atoms with Crippen molar-refractivity contribution in [1.82, 2.24) is 0 Å². The van der Waals surface area contributed by atoms with Gasteiger partial charge in [-0.1, -0.05) is 0 Å². The summed E-state index contributed by atoms with van der Waals surface area (Å²) in [5.74, 6) is -0.0742. The van der Waals surface area contributed by atoms with Gasteiger partial charge in [0.2, 0.25) is 5.91 Å². The molecule has 6 N–H and O–H groups in total. The van der Waals surface area contributed by atoms with Gasteiger partial charge in [-0.05, 0) is 37.0 Å². The maximum Gasteiger partial charge on any atom is 0.248 e. The molecule has 1 aromatic carbocycles. The number of amides is 1. The number of nitrogen functional groups attached to an aromatic ring is 1. The van der Waals surface area contributed by atoms with Gasteiger partial charge in [0.05, 0.1) is 17.5 Å². The molecule has 1 saturated carbocycles. The van der Waals surface area contributed by atoms with Crippen molar-refractivity contribution >= 4 is 17.3 Å². The lowest BCUT2D eigenvalue weighted by atomic mass is 10.1. The summed E-state index contributed by atoms with van der Waals surface area (Å²) in [7, 11) is 0. The van der Waals surface area contributed by atoms with Gasteiger partial charge in [-0.3, -0.25) is 4.79 Å². The molecule has 17 heavy (non-hydrogen) atoms. The van der Waals surface area contributed by atoms with E-state index in [-0.39, 0.29) is 6.10 Å². The van der Waals surface area contributed by atoms with Gasteiger partial charge >= 0.3 is 0 Å². The van der Waals surface area contributed by atoms with Crippen molar-refractivity contribution in [3.8, 4) is 0 Å². The zero-order valence-corrected chi connectivity index (χ0v) is 9.52. The second-order valence-electron chi connectivity index (χ2n) is 4.45. The van der Waals surface area contributed by atoms with Crippen LogP contribution in [0.4, 0.5) is 11.4 Å². The number of primary amides is 1. The zero-order valence-electron chi connectivity index (χ0n) is 9.52. The van der Waals surface area contributed by atoms with Gasteiger partial charge in [-0.2, -0.15) is 0 Å². The van der Waals surface area contributed by atoms with E-state index in [2.05, 4.69) is 5.32 Å². The number of rotatable bonds is 5. The average Bonchev–Trinajstić information content (AvgIpc) is 3.10. The van der Waals surface area contributed by atoms with Crippen molar-refractivity contribution < 1.29 is 9.90 Å². The van der Waals surface area contributed by atoms with E-state index in [0.29, 0.717) is 23.7 Å². The topological polar surface area (TPSA) is 101 Å². The number of anilines is 2. The Morgan fingerprint density at radius 2 is 2.24 bits per heavy atom. The second-order valence-corrected chi connectivity index (χ2v) is 4.45. The molecule has 0 heterocycles. The molecule has 1 aromatic rings. The Bertz CT molecular complexity index is 430. The molecule has 2 rings (SSSR count). The van der Waals surface area contributed by atoms with Crippen LogP contribution in [0.1, 0.15) is 23.2 Å². The second kappa shape index (κ2) is 4.63. The van der Waals surface area contributed by atoms with Gasteiger partial charge in [0.15, 0.2) is 0 Å². The number of nitrogens with two attached hydrogens (primary N) is 2. The molecule has 1 fully saturated rings. The van der Waals surface area contributed by atoms with Crippen LogP contribution in [0.15, 0.2) is 18.2 Å². The minimum absolute atomic E-state index is 0.329. The molecule has 1 aliphatic carbocycles. The van der Waals surface area contributed by atoms with E-state index >= 15 is 0 Å². The van der Waals surface area contributed by atoms with Crippen molar-refractivity contribution in [2.45, 2.75) is 18.9 Å². The third-order valence-corrected chi connectivity index (χ3v) is 3.00. The van der Waals surface area contributed by atoms with Crippen molar-refractivity contribution in [2.24, 2.45) is 11.7 Å². The predicted octanol–water partition coefficient (Wildman–Crippen LogP) is 0.550. The van der Waals surface area contributed by atoms with Gasteiger partial charge in [0.25, 0.3) is 0 Å². The van der Waals surface area contributed by atoms with Crippen LogP contribution in [-0.4, -0.2) is 23.7 Å². The molecule has 0 bridgehead atoms. The van der Waals surface area contributed by atoms with Crippen LogP contribution in [0, 0.1) is 5.92 Å². The quantitative estimate of drug-likeness (QED) is 0.560. The number of carbonyl (C=O) groups is 1. The third kappa shape index (κ3) is 2.88. The first-order valence-electron chi connectivity index (χ1n) is 5.69. The number of benzene rings is 1. The number of aliphatic hydroxyl groups excluding tert-OH is 1. The van der Waals surface area contributed by atoms with Crippen molar-refractivity contribution in [2.75, 3.05) is 17.6 Å². The van der Waals surface area contributed by atoms with E-state index in [1.807, 2.05) is 0 Å². The maximum absolute atomic E-state index is 10.9. The zero-order chi connectivity index (χ0) is 12.4. The minimum atomic E-state index is -0.499. The van der Waals surface area contributed by atoms with Crippen LogP contribution in [0.2, 0.25) is 0 Å². The van der Waals surface area contributed by atoms with Crippen LogP contribution in [0.5, 0.6) is 0 Å². The Kier molecular flexibility index (Phi) is 3.19. The molecule has 92 valence electrons. The number of aliphatic hydroxyl groups is 1. The minimum Gasteiger partial charge on any atom is -0.397 e. The molecular weight excluding hydrogens is 218 g/mol. The van der Waals surface area contributed by atoms with E-state index in [4.69, 9.17) is 11.5 Å². The third-order valence-electron chi connectivity index (χ3n) is 3.00. The van der Waals surface area contributed by atoms with Gasteiger partial charge in [-0.25, -0.2) is 0 Å². The van der Waals surface area contributed by atoms with Gasteiger partial charge in [0, 0.05) is 12.1 Å². The van der Waals surface area contributed by atoms with Crippen molar-refractivity contribution in [1.29, 1.82) is 0 Å². The lowest BCUT2D eigenvalue weighted by Gasteiger charge is -2.13. The molecule has 1 unspecified atom stereocenters. The largest absolute Gasteiger partial charge is 0.397 e. The lowest BCUT2D eigenvalue weighted by Crippen LogP contribution is -2.22. The fourth-order valence-corrected chi connectivity index (χ4v) is 1.74. The Balaban J connectivity index is 1.98. The SMILES string of the molecule is NC(=O)c1ccc(NCC(O)C2CC2)c(N)c1. The smallest absolute Gasteiger partial charge is 0.248 e. The molecule has 0 radical (unpaired) electrons. The highest BCUT2D eigenvalue weighted by atomic mass is 16.3. The molecule has 0 aromatic heterocycles. The highest BCUT2D eigenvalue weighted by Gasteiger charge is 2.29. The Morgan fingerprint density at radius 3 is 2.76 bits per heavy atom. The van der Waals surface area contributed by atoms with Gasteiger partial charge in [-0.15, -0.1) is 0 Å². The molecule has 0 saturated heterocycles. The Labute approximate surface area is 99.8 Å². The predicted molar refractivity (Wildman–Crippen MR) is 66.6 cm³/mol. The van der Waals surface area contributed by atoms with Crippen LogP contribution in [0.3, 0.4) is 0 Å². The van der Waals surface area contributed by atoms with Gasteiger partial charge < -0.3 is 21.9 Å². The number of nitrogens with one attached hydrogen (secondary N) is 1. The monoisotopic (exact) mass is 235 g/mol. The number of carbonyl (C=O) groups excluding carboxylic acids is 1. The highest BCUT2D eigenvalue weighted by molar-refractivity contribution is 5.94. The molecule has 1 amide bonds. The first kappa shape index (κ1) is 11.7. The van der Waals surface area contributed by atoms with Gasteiger partial charge in [0.1, 0.15) is 0 Å². The summed E-state index contributed by atoms with van der Waals surface area (Å²) in [6.45, 7) is 0.477. The number of hydrogen-bond acceptors (Lipinski definition) is 4. The number of hydrogen-bond donors (Lipinski definition) is 4. The first-order chi connectivity index (χ1) is 8.08. The fourth-order valence-electron chi connectivity index (χ4n) is 1.74.